The number of ether oxygens (including phenoxy) is 1. The Morgan fingerprint density at radius 1 is 1.18 bits per heavy atom. The minimum absolute atomic E-state index is 0.0395. The van der Waals surface area contributed by atoms with Gasteiger partial charge in [0.1, 0.15) is 11.6 Å². The minimum atomic E-state index is -1.36. The standard InChI is InChI=1S/C20H17FN2O4S/c1-2-11-26-16-9-3-13(4-10-16)12-17(19(24)25)28-20-23-22-18(27-20)14-5-7-15(21)8-6-14/h3-10,12H,2,11H2,1H3,(H,24,25)/p-1/b17-12+. The summed E-state index contributed by atoms with van der Waals surface area (Å²) in [6.45, 7) is 2.63. The van der Waals surface area contributed by atoms with Gasteiger partial charge in [-0.15, -0.1) is 10.2 Å². The highest BCUT2D eigenvalue weighted by atomic mass is 32.2. The van der Waals surface area contributed by atoms with Crippen molar-refractivity contribution in [1.82, 2.24) is 10.2 Å². The molecular weight excluding hydrogens is 383 g/mol. The van der Waals surface area contributed by atoms with Gasteiger partial charge in [-0.05, 0) is 66.2 Å². The summed E-state index contributed by atoms with van der Waals surface area (Å²) in [7, 11) is 0. The van der Waals surface area contributed by atoms with E-state index in [4.69, 9.17) is 9.15 Å². The van der Waals surface area contributed by atoms with Gasteiger partial charge in [0.15, 0.2) is 0 Å². The van der Waals surface area contributed by atoms with Gasteiger partial charge in [-0.1, -0.05) is 19.1 Å². The molecule has 0 bridgehead atoms. The van der Waals surface area contributed by atoms with Crippen molar-refractivity contribution < 1.29 is 23.4 Å². The molecule has 0 aliphatic heterocycles. The zero-order valence-electron chi connectivity index (χ0n) is 14.9. The molecule has 28 heavy (non-hydrogen) atoms. The number of carboxylic acid groups (broad SMARTS) is 1. The Balaban J connectivity index is 1.75. The summed E-state index contributed by atoms with van der Waals surface area (Å²) in [5.74, 6) is -0.871. The number of hydrogen-bond acceptors (Lipinski definition) is 7. The Morgan fingerprint density at radius 2 is 1.89 bits per heavy atom. The maximum Gasteiger partial charge on any atom is 0.281 e. The second kappa shape index (κ2) is 9.18. The van der Waals surface area contributed by atoms with Crippen LogP contribution in [-0.2, 0) is 4.79 Å². The Labute approximate surface area is 165 Å². The van der Waals surface area contributed by atoms with Gasteiger partial charge in [-0.25, -0.2) is 4.39 Å². The maximum absolute atomic E-state index is 13.0. The maximum atomic E-state index is 13.0. The molecule has 0 atom stereocenters. The fraction of sp³-hybridized carbons (Fsp3) is 0.150. The Kier molecular flexibility index (Phi) is 6.44. The third kappa shape index (κ3) is 5.20. The largest absolute Gasteiger partial charge is 0.544 e. The zero-order chi connectivity index (χ0) is 19.9. The molecule has 0 fully saturated rings. The molecule has 3 aromatic rings. The van der Waals surface area contributed by atoms with Crippen LogP contribution in [0.5, 0.6) is 5.75 Å². The molecule has 0 spiro atoms. The molecule has 0 radical (unpaired) electrons. The molecular formula is C20H16FN2O4S-. The van der Waals surface area contributed by atoms with Gasteiger partial charge in [-0.3, -0.25) is 0 Å². The Bertz CT molecular complexity index is 969. The lowest BCUT2D eigenvalue weighted by Crippen LogP contribution is -2.23. The fourth-order valence-electron chi connectivity index (χ4n) is 2.22. The molecule has 144 valence electrons. The van der Waals surface area contributed by atoms with Crippen LogP contribution in [0.3, 0.4) is 0 Å². The number of thioether (sulfide) groups is 1. The van der Waals surface area contributed by atoms with Crippen LogP contribution >= 0.6 is 11.8 Å². The fourth-order valence-corrected chi connectivity index (χ4v) is 2.88. The van der Waals surface area contributed by atoms with Crippen molar-refractivity contribution >= 4 is 23.8 Å². The summed E-state index contributed by atoms with van der Waals surface area (Å²) < 4.78 is 24.0. The number of rotatable bonds is 8. The lowest BCUT2D eigenvalue weighted by molar-refractivity contribution is -0.298. The molecule has 1 aromatic heterocycles. The molecule has 2 aromatic carbocycles. The van der Waals surface area contributed by atoms with Crippen LogP contribution in [0.15, 0.2) is 63.1 Å². The summed E-state index contributed by atoms with van der Waals surface area (Å²) in [4.78, 5) is 11.4. The number of halogens is 1. The van der Waals surface area contributed by atoms with Crippen molar-refractivity contribution in [3.8, 4) is 17.2 Å². The van der Waals surface area contributed by atoms with Crippen LogP contribution in [0.25, 0.3) is 17.5 Å². The first kappa shape index (κ1) is 19.6. The van der Waals surface area contributed by atoms with Crippen LogP contribution in [0.1, 0.15) is 18.9 Å². The monoisotopic (exact) mass is 399 g/mol. The van der Waals surface area contributed by atoms with E-state index in [1.54, 1.807) is 24.3 Å². The van der Waals surface area contributed by atoms with E-state index < -0.39 is 5.97 Å². The highest BCUT2D eigenvalue weighted by molar-refractivity contribution is 8.03. The molecule has 0 saturated heterocycles. The van der Waals surface area contributed by atoms with Gasteiger partial charge in [0.05, 0.1) is 12.6 Å². The van der Waals surface area contributed by atoms with Gasteiger partial charge < -0.3 is 19.1 Å². The van der Waals surface area contributed by atoms with E-state index in [0.29, 0.717) is 23.5 Å². The van der Waals surface area contributed by atoms with E-state index >= 15 is 0 Å². The summed E-state index contributed by atoms with van der Waals surface area (Å²) in [6.07, 6.45) is 2.35. The van der Waals surface area contributed by atoms with Crippen molar-refractivity contribution in [2.45, 2.75) is 18.6 Å². The molecule has 3 rings (SSSR count). The third-order valence-electron chi connectivity index (χ3n) is 3.55. The summed E-state index contributed by atoms with van der Waals surface area (Å²) in [6, 6.07) is 12.5. The number of carbonyl (C=O) groups is 1. The first-order valence-electron chi connectivity index (χ1n) is 8.48. The number of carbonyl (C=O) groups excluding carboxylic acids is 1. The number of carboxylic acids is 1. The smallest absolute Gasteiger partial charge is 0.281 e. The number of benzene rings is 2. The van der Waals surface area contributed by atoms with Crippen molar-refractivity contribution in [1.29, 1.82) is 0 Å². The van der Waals surface area contributed by atoms with E-state index in [-0.39, 0.29) is 21.8 Å². The lowest BCUT2D eigenvalue weighted by atomic mass is 10.2. The van der Waals surface area contributed by atoms with E-state index in [1.165, 1.54) is 30.3 Å². The normalized spacial score (nSPS) is 11.4. The summed E-state index contributed by atoms with van der Waals surface area (Å²) >= 11 is 0.782. The molecule has 1 heterocycles. The average molecular weight is 399 g/mol. The van der Waals surface area contributed by atoms with E-state index in [9.17, 15) is 14.3 Å². The molecule has 0 saturated carbocycles. The van der Waals surface area contributed by atoms with E-state index in [0.717, 1.165) is 18.2 Å². The van der Waals surface area contributed by atoms with Gasteiger partial charge in [0, 0.05) is 10.5 Å². The SMILES string of the molecule is CCCOc1ccc(/C=C(/Sc2nnc(-c3ccc(F)cc3)o2)C(=O)[O-])cc1. The topological polar surface area (TPSA) is 88.3 Å². The molecule has 0 aliphatic carbocycles. The Hall–Kier alpha value is -3.13. The van der Waals surface area contributed by atoms with Crippen molar-refractivity contribution in [3.63, 3.8) is 0 Å². The van der Waals surface area contributed by atoms with Gasteiger partial charge in [-0.2, -0.15) is 0 Å². The highest BCUT2D eigenvalue weighted by Gasteiger charge is 2.12. The number of hydrogen-bond donors (Lipinski definition) is 0. The van der Waals surface area contributed by atoms with Gasteiger partial charge in [0.2, 0.25) is 5.89 Å². The van der Waals surface area contributed by atoms with E-state index in [1.807, 2.05) is 6.92 Å². The van der Waals surface area contributed by atoms with Crippen molar-refractivity contribution in [3.05, 3.63) is 64.8 Å². The van der Waals surface area contributed by atoms with Crippen LogP contribution in [-0.4, -0.2) is 22.8 Å². The molecule has 0 N–H and O–H groups in total. The van der Waals surface area contributed by atoms with Crippen molar-refractivity contribution in [2.75, 3.05) is 6.61 Å². The molecule has 0 amide bonds. The van der Waals surface area contributed by atoms with Crippen LogP contribution in [0.4, 0.5) is 4.39 Å². The van der Waals surface area contributed by atoms with Crippen LogP contribution < -0.4 is 9.84 Å². The number of aromatic nitrogens is 2. The minimum Gasteiger partial charge on any atom is -0.544 e. The second-order valence-electron chi connectivity index (χ2n) is 5.70. The third-order valence-corrected chi connectivity index (χ3v) is 4.39. The molecule has 0 unspecified atom stereocenters. The first-order valence-corrected chi connectivity index (χ1v) is 9.30. The summed E-state index contributed by atoms with van der Waals surface area (Å²) in [5, 5.41) is 19.2. The average Bonchev–Trinajstić information content (AvgIpc) is 3.16. The van der Waals surface area contributed by atoms with Gasteiger partial charge >= 0.3 is 0 Å². The quantitative estimate of drug-likeness (QED) is 0.423. The molecule has 6 nitrogen and oxygen atoms in total. The summed E-state index contributed by atoms with van der Waals surface area (Å²) in [5.41, 5.74) is 1.19. The highest BCUT2D eigenvalue weighted by Crippen LogP contribution is 2.30. The predicted molar refractivity (Wildman–Crippen MR) is 101 cm³/mol. The first-order chi connectivity index (χ1) is 13.5. The Morgan fingerprint density at radius 3 is 2.54 bits per heavy atom. The number of aliphatic carboxylic acids is 1. The molecule has 0 aliphatic rings. The van der Waals surface area contributed by atoms with Gasteiger partial charge in [0.25, 0.3) is 5.22 Å². The zero-order valence-corrected chi connectivity index (χ0v) is 15.7. The number of nitrogens with zero attached hydrogens (tertiary/aromatic N) is 2. The predicted octanol–water partition coefficient (Wildman–Crippen LogP) is 3.55. The van der Waals surface area contributed by atoms with E-state index in [2.05, 4.69) is 10.2 Å². The van der Waals surface area contributed by atoms with Crippen LogP contribution in [0, 0.1) is 5.82 Å². The van der Waals surface area contributed by atoms with Crippen LogP contribution in [0.2, 0.25) is 0 Å². The second-order valence-corrected chi connectivity index (χ2v) is 6.69. The molecule has 8 heteroatoms. The van der Waals surface area contributed by atoms with Crippen molar-refractivity contribution in [2.24, 2.45) is 0 Å². The lowest BCUT2D eigenvalue weighted by Gasteiger charge is -2.07.